The molecule has 1 saturated carbocycles. The third-order valence-corrected chi connectivity index (χ3v) is 6.43. The molecule has 7 nitrogen and oxygen atoms in total. The summed E-state index contributed by atoms with van der Waals surface area (Å²) in [5, 5.41) is 14.2. The molecule has 1 amide bonds. The molecule has 1 aliphatic carbocycles. The number of carbonyl (C=O) groups is 1. The Morgan fingerprint density at radius 2 is 1.93 bits per heavy atom. The molecule has 0 bridgehead atoms. The number of thioether (sulfide) groups is 1. The van der Waals surface area contributed by atoms with Crippen LogP contribution in [0.3, 0.4) is 0 Å². The number of rotatable bonds is 7. The van der Waals surface area contributed by atoms with Gasteiger partial charge in [0.25, 0.3) is 11.6 Å². The Morgan fingerprint density at radius 3 is 2.60 bits per heavy atom. The van der Waals surface area contributed by atoms with Crippen molar-refractivity contribution >= 4 is 34.7 Å². The number of amides is 1. The Bertz CT molecular complexity index is 940. The number of benzene rings is 2. The van der Waals surface area contributed by atoms with Gasteiger partial charge in [0.2, 0.25) is 0 Å². The average Bonchev–Trinajstić information content (AvgIpc) is 3.58. The van der Waals surface area contributed by atoms with Crippen LogP contribution in [0, 0.1) is 16.0 Å². The van der Waals surface area contributed by atoms with Crippen molar-refractivity contribution in [2.75, 3.05) is 49.2 Å². The van der Waals surface area contributed by atoms with Crippen LogP contribution >= 0.6 is 11.8 Å². The third kappa shape index (κ3) is 4.94. The maximum Gasteiger partial charge on any atom is 0.282 e. The highest BCUT2D eigenvalue weighted by Crippen LogP contribution is 2.30. The first-order valence-electron chi connectivity index (χ1n) is 10.2. The molecular weight excluding hydrogens is 400 g/mol. The first-order chi connectivity index (χ1) is 14.5. The van der Waals surface area contributed by atoms with Crippen LogP contribution in [0.2, 0.25) is 0 Å². The average molecular weight is 427 g/mol. The second-order valence-electron chi connectivity index (χ2n) is 7.88. The molecular formula is C22H26N4O3S. The molecule has 0 aromatic heterocycles. The molecule has 4 rings (SSSR count). The molecule has 158 valence electrons. The molecule has 2 fully saturated rings. The van der Waals surface area contributed by atoms with Gasteiger partial charge in [0.05, 0.1) is 4.92 Å². The van der Waals surface area contributed by atoms with Gasteiger partial charge in [-0.25, -0.2) is 0 Å². The summed E-state index contributed by atoms with van der Waals surface area (Å²) in [6.45, 7) is 5.26. The molecule has 1 N–H and O–H groups in total. The van der Waals surface area contributed by atoms with Crippen molar-refractivity contribution in [3.05, 3.63) is 58.1 Å². The molecule has 1 aliphatic heterocycles. The van der Waals surface area contributed by atoms with Crippen LogP contribution in [0.4, 0.5) is 17.1 Å². The van der Waals surface area contributed by atoms with E-state index in [0.29, 0.717) is 5.69 Å². The first kappa shape index (κ1) is 20.7. The van der Waals surface area contributed by atoms with Crippen LogP contribution in [0.1, 0.15) is 23.2 Å². The highest BCUT2D eigenvalue weighted by atomic mass is 32.2. The predicted molar refractivity (Wildman–Crippen MR) is 121 cm³/mol. The van der Waals surface area contributed by atoms with E-state index in [1.165, 1.54) is 37.2 Å². The van der Waals surface area contributed by atoms with Crippen molar-refractivity contribution in [3.63, 3.8) is 0 Å². The van der Waals surface area contributed by atoms with Gasteiger partial charge in [-0.15, -0.1) is 11.8 Å². The Morgan fingerprint density at radius 1 is 1.17 bits per heavy atom. The van der Waals surface area contributed by atoms with Crippen molar-refractivity contribution in [1.29, 1.82) is 0 Å². The zero-order chi connectivity index (χ0) is 21.1. The van der Waals surface area contributed by atoms with Gasteiger partial charge in [0, 0.05) is 55.1 Å². The van der Waals surface area contributed by atoms with Crippen LogP contribution in [-0.2, 0) is 0 Å². The fraction of sp³-hybridized carbons (Fsp3) is 0.409. The van der Waals surface area contributed by atoms with Crippen LogP contribution in [0.25, 0.3) is 0 Å². The molecule has 0 spiro atoms. The van der Waals surface area contributed by atoms with Crippen molar-refractivity contribution < 1.29 is 9.72 Å². The third-order valence-electron chi connectivity index (χ3n) is 5.70. The summed E-state index contributed by atoms with van der Waals surface area (Å²) in [5.41, 5.74) is 1.59. The van der Waals surface area contributed by atoms with Gasteiger partial charge in [-0.3, -0.25) is 19.8 Å². The van der Waals surface area contributed by atoms with Gasteiger partial charge in [-0.1, -0.05) is 6.07 Å². The highest BCUT2D eigenvalue weighted by molar-refractivity contribution is 7.98. The zero-order valence-corrected chi connectivity index (χ0v) is 17.9. The van der Waals surface area contributed by atoms with E-state index in [9.17, 15) is 14.9 Å². The van der Waals surface area contributed by atoms with E-state index >= 15 is 0 Å². The SMILES string of the molecule is CSc1ccc([N+](=O)[O-])c(C(=O)Nc2cccc(N3CCN(CC4CC4)CC3)c2)c1. The summed E-state index contributed by atoms with van der Waals surface area (Å²) in [6, 6.07) is 12.3. The van der Waals surface area contributed by atoms with Crippen molar-refractivity contribution in [1.82, 2.24) is 4.90 Å². The lowest BCUT2D eigenvalue weighted by atomic mass is 10.1. The summed E-state index contributed by atoms with van der Waals surface area (Å²) in [5.74, 6) is 0.438. The lowest BCUT2D eigenvalue weighted by Gasteiger charge is -2.36. The molecule has 1 saturated heterocycles. The van der Waals surface area contributed by atoms with Crippen molar-refractivity contribution in [2.45, 2.75) is 17.7 Å². The standard InChI is InChI=1S/C22H26N4O3S/c1-30-19-7-8-21(26(28)29)20(14-19)22(27)23-17-3-2-4-18(13-17)25-11-9-24(10-12-25)15-16-5-6-16/h2-4,7-8,13-14,16H,5-6,9-12,15H2,1H3,(H,23,27). The Kier molecular flexibility index (Phi) is 6.24. The summed E-state index contributed by atoms with van der Waals surface area (Å²) in [4.78, 5) is 29.3. The molecule has 1 heterocycles. The first-order valence-corrected chi connectivity index (χ1v) is 11.5. The van der Waals surface area contributed by atoms with Crippen LogP contribution < -0.4 is 10.2 Å². The molecule has 2 aliphatic rings. The number of nitro benzene ring substituents is 1. The van der Waals surface area contributed by atoms with Crippen molar-refractivity contribution in [2.24, 2.45) is 5.92 Å². The van der Waals surface area contributed by atoms with E-state index in [0.717, 1.165) is 42.7 Å². The van der Waals surface area contributed by atoms with Crippen LogP contribution in [0.15, 0.2) is 47.4 Å². The van der Waals surface area contributed by atoms with Crippen LogP contribution in [0.5, 0.6) is 0 Å². The lowest BCUT2D eigenvalue weighted by molar-refractivity contribution is -0.385. The summed E-state index contributed by atoms with van der Waals surface area (Å²) in [7, 11) is 0. The number of nitro groups is 1. The zero-order valence-electron chi connectivity index (χ0n) is 17.0. The van der Waals surface area contributed by atoms with Gasteiger partial charge in [0.1, 0.15) is 5.56 Å². The lowest BCUT2D eigenvalue weighted by Crippen LogP contribution is -2.47. The summed E-state index contributed by atoms with van der Waals surface area (Å²) in [6.07, 6.45) is 4.62. The smallest absolute Gasteiger partial charge is 0.282 e. The Hall–Kier alpha value is -2.58. The minimum Gasteiger partial charge on any atom is -0.369 e. The second kappa shape index (κ2) is 9.06. The maximum absolute atomic E-state index is 12.8. The highest BCUT2D eigenvalue weighted by Gasteiger charge is 2.26. The van der Waals surface area contributed by atoms with E-state index in [1.54, 1.807) is 12.1 Å². The number of hydrogen-bond donors (Lipinski definition) is 1. The Balaban J connectivity index is 1.44. The molecule has 0 unspecified atom stereocenters. The van der Waals surface area contributed by atoms with E-state index < -0.39 is 10.8 Å². The van der Waals surface area contributed by atoms with E-state index in [4.69, 9.17) is 0 Å². The van der Waals surface area contributed by atoms with Gasteiger partial charge in [-0.2, -0.15) is 0 Å². The number of anilines is 2. The Labute approximate surface area is 180 Å². The normalized spacial score (nSPS) is 17.0. The number of nitrogens with one attached hydrogen (secondary N) is 1. The van der Waals surface area contributed by atoms with Gasteiger partial charge in [0.15, 0.2) is 0 Å². The largest absolute Gasteiger partial charge is 0.369 e. The van der Waals surface area contributed by atoms with E-state index in [2.05, 4.69) is 15.1 Å². The van der Waals surface area contributed by atoms with Crippen molar-refractivity contribution in [3.8, 4) is 0 Å². The second-order valence-corrected chi connectivity index (χ2v) is 8.76. The van der Waals surface area contributed by atoms with E-state index in [-0.39, 0.29) is 11.3 Å². The fourth-order valence-electron chi connectivity index (χ4n) is 3.82. The molecule has 30 heavy (non-hydrogen) atoms. The minimum absolute atomic E-state index is 0.0749. The minimum atomic E-state index is -0.517. The number of nitrogens with zero attached hydrogens (tertiary/aromatic N) is 3. The molecule has 0 radical (unpaired) electrons. The summed E-state index contributed by atoms with van der Waals surface area (Å²) < 4.78 is 0. The molecule has 8 heteroatoms. The molecule has 2 aromatic rings. The van der Waals surface area contributed by atoms with Gasteiger partial charge in [-0.05, 0) is 55.3 Å². The molecule has 0 atom stereocenters. The van der Waals surface area contributed by atoms with Gasteiger partial charge < -0.3 is 10.2 Å². The monoisotopic (exact) mass is 426 g/mol. The number of hydrogen-bond acceptors (Lipinski definition) is 6. The number of piperazine rings is 1. The maximum atomic E-state index is 12.8. The van der Waals surface area contributed by atoms with E-state index in [1.807, 2.05) is 30.5 Å². The predicted octanol–water partition coefficient (Wildman–Crippen LogP) is 4.10. The number of carbonyl (C=O) groups excluding carboxylic acids is 1. The topological polar surface area (TPSA) is 78.7 Å². The van der Waals surface area contributed by atoms with Gasteiger partial charge >= 0.3 is 0 Å². The van der Waals surface area contributed by atoms with Crippen LogP contribution in [-0.4, -0.2) is 54.7 Å². The molecule has 2 aromatic carbocycles. The quantitative estimate of drug-likeness (QED) is 0.408. The fourth-order valence-corrected chi connectivity index (χ4v) is 4.26. The summed E-state index contributed by atoms with van der Waals surface area (Å²) >= 11 is 1.44.